The first-order valence-corrected chi connectivity index (χ1v) is 6.90. The standard InChI is InChI=1S/C15H14N4O3/c20-19(21)11-4-1-5-12(10-11)22-15-13(6-2-7-18-15)14-16-8-3-9-17-14/h1-2,4-7,10H,3,8-9H2,(H,16,17). The van der Waals surface area contributed by atoms with E-state index in [1.54, 1.807) is 24.4 Å². The molecule has 1 N–H and O–H groups in total. The van der Waals surface area contributed by atoms with Crippen LogP contribution in [0.3, 0.4) is 0 Å². The second kappa shape index (κ2) is 6.21. The molecule has 7 nitrogen and oxygen atoms in total. The molecule has 0 saturated carbocycles. The van der Waals surface area contributed by atoms with E-state index in [2.05, 4.69) is 15.3 Å². The molecule has 0 saturated heterocycles. The van der Waals surface area contributed by atoms with Crippen LogP contribution in [0.2, 0.25) is 0 Å². The smallest absolute Gasteiger partial charge is 0.273 e. The Balaban J connectivity index is 1.91. The predicted octanol–water partition coefficient (Wildman–Crippen LogP) is 2.52. The maximum atomic E-state index is 10.8. The molecule has 0 atom stereocenters. The molecule has 0 fully saturated rings. The van der Waals surface area contributed by atoms with Gasteiger partial charge in [-0.15, -0.1) is 0 Å². The Bertz CT molecular complexity index is 730. The van der Waals surface area contributed by atoms with Crippen LogP contribution in [0.4, 0.5) is 5.69 Å². The monoisotopic (exact) mass is 298 g/mol. The van der Waals surface area contributed by atoms with Crippen molar-refractivity contribution >= 4 is 11.5 Å². The minimum absolute atomic E-state index is 0.0249. The van der Waals surface area contributed by atoms with Gasteiger partial charge in [-0.3, -0.25) is 15.1 Å². The number of pyridine rings is 1. The zero-order valence-corrected chi connectivity index (χ0v) is 11.7. The lowest BCUT2D eigenvalue weighted by atomic mass is 10.2. The third-order valence-electron chi connectivity index (χ3n) is 3.17. The van der Waals surface area contributed by atoms with Crippen LogP contribution in [0, 0.1) is 10.1 Å². The summed E-state index contributed by atoms with van der Waals surface area (Å²) in [7, 11) is 0. The number of nitrogens with zero attached hydrogens (tertiary/aromatic N) is 3. The summed E-state index contributed by atoms with van der Waals surface area (Å²) in [5.41, 5.74) is 0.719. The van der Waals surface area contributed by atoms with E-state index in [9.17, 15) is 10.1 Å². The first-order chi connectivity index (χ1) is 10.7. The van der Waals surface area contributed by atoms with Crippen LogP contribution in [-0.4, -0.2) is 28.8 Å². The Morgan fingerprint density at radius 1 is 1.27 bits per heavy atom. The molecule has 1 aromatic heterocycles. The summed E-state index contributed by atoms with van der Waals surface area (Å²) in [6, 6.07) is 9.67. The number of nitro groups is 1. The van der Waals surface area contributed by atoms with E-state index in [-0.39, 0.29) is 5.69 Å². The number of nitro benzene ring substituents is 1. The van der Waals surface area contributed by atoms with Gasteiger partial charge in [-0.05, 0) is 24.6 Å². The highest BCUT2D eigenvalue weighted by atomic mass is 16.6. The van der Waals surface area contributed by atoms with E-state index in [0.717, 1.165) is 30.9 Å². The summed E-state index contributed by atoms with van der Waals surface area (Å²) >= 11 is 0. The van der Waals surface area contributed by atoms with Gasteiger partial charge >= 0.3 is 0 Å². The van der Waals surface area contributed by atoms with Crippen LogP contribution in [0.5, 0.6) is 11.6 Å². The number of aliphatic imine (C=N–C) groups is 1. The van der Waals surface area contributed by atoms with Crippen LogP contribution < -0.4 is 10.1 Å². The molecular formula is C15H14N4O3. The third kappa shape index (κ3) is 3.03. The number of hydrogen-bond acceptors (Lipinski definition) is 6. The maximum absolute atomic E-state index is 10.8. The molecule has 2 heterocycles. The summed E-state index contributed by atoms with van der Waals surface area (Å²) in [6.07, 6.45) is 2.60. The maximum Gasteiger partial charge on any atom is 0.273 e. The van der Waals surface area contributed by atoms with Crippen molar-refractivity contribution in [1.82, 2.24) is 10.3 Å². The fourth-order valence-electron chi connectivity index (χ4n) is 2.14. The predicted molar refractivity (Wildman–Crippen MR) is 81.4 cm³/mol. The highest BCUT2D eigenvalue weighted by molar-refractivity contribution is 6.01. The lowest BCUT2D eigenvalue weighted by Crippen LogP contribution is -2.30. The highest BCUT2D eigenvalue weighted by Gasteiger charge is 2.15. The Morgan fingerprint density at radius 3 is 2.95 bits per heavy atom. The van der Waals surface area contributed by atoms with Crippen molar-refractivity contribution in [1.29, 1.82) is 0 Å². The highest BCUT2D eigenvalue weighted by Crippen LogP contribution is 2.26. The van der Waals surface area contributed by atoms with Gasteiger partial charge in [-0.1, -0.05) is 6.07 Å². The molecular weight excluding hydrogens is 284 g/mol. The largest absolute Gasteiger partial charge is 0.438 e. The Kier molecular flexibility index (Phi) is 3.95. The number of ether oxygens (including phenoxy) is 1. The van der Waals surface area contributed by atoms with Crippen molar-refractivity contribution in [2.45, 2.75) is 6.42 Å². The van der Waals surface area contributed by atoms with Gasteiger partial charge in [0.1, 0.15) is 11.6 Å². The Morgan fingerprint density at radius 2 is 2.18 bits per heavy atom. The molecule has 7 heteroatoms. The van der Waals surface area contributed by atoms with Crippen molar-refractivity contribution < 1.29 is 9.66 Å². The number of nitrogens with one attached hydrogen (secondary N) is 1. The molecule has 0 spiro atoms. The van der Waals surface area contributed by atoms with Gasteiger partial charge in [-0.25, -0.2) is 4.98 Å². The lowest BCUT2D eigenvalue weighted by molar-refractivity contribution is -0.384. The van der Waals surface area contributed by atoms with Crippen LogP contribution in [0.25, 0.3) is 0 Å². The number of aromatic nitrogens is 1. The van der Waals surface area contributed by atoms with Crippen molar-refractivity contribution in [2.75, 3.05) is 13.1 Å². The van der Waals surface area contributed by atoms with Crippen LogP contribution >= 0.6 is 0 Å². The van der Waals surface area contributed by atoms with Crippen molar-refractivity contribution in [2.24, 2.45) is 4.99 Å². The molecule has 112 valence electrons. The average Bonchev–Trinajstić information content (AvgIpc) is 2.56. The lowest BCUT2D eigenvalue weighted by Gasteiger charge is -2.16. The number of hydrogen-bond donors (Lipinski definition) is 1. The number of benzene rings is 1. The van der Waals surface area contributed by atoms with Gasteiger partial charge in [0.25, 0.3) is 5.69 Å². The van der Waals surface area contributed by atoms with Gasteiger partial charge in [-0.2, -0.15) is 0 Å². The first-order valence-electron chi connectivity index (χ1n) is 6.90. The normalized spacial score (nSPS) is 13.9. The van der Waals surface area contributed by atoms with E-state index in [1.807, 2.05) is 6.07 Å². The molecule has 22 heavy (non-hydrogen) atoms. The summed E-state index contributed by atoms with van der Waals surface area (Å²) in [4.78, 5) is 19.0. The minimum atomic E-state index is -0.459. The zero-order valence-electron chi connectivity index (χ0n) is 11.7. The molecule has 0 aliphatic carbocycles. The van der Waals surface area contributed by atoms with E-state index in [1.165, 1.54) is 12.1 Å². The summed E-state index contributed by atoms with van der Waals surface area (Å²) in [6.45, 7) is 1.61. The van der Waals surface area contributed by atoms with Crippen molar-refractivity contribution in [3.05, 3.63) is 58.3 Å². The van der Waals surface area contributed by atoms with E-state index in [0.29, 0.717) is 11.6 Å². The number of non-ortho nitro benzene ring substituents is 1. The van der Waals surface area contributed by atoms with Crippen molar-refractivity contribution in [3.63, 3.8) is 0 Å². The SMILES string of the molecule is O=[N+]([O-])c1cccc(Oc2ncccc2C2=NCCCN2)c1. The zero-order chi connectivity index (χ0) is 15.4. The molecule has 3 rings (SSSR count). The topological polar surface area (TPSA) is 89.7 Å². The average molecular weight is 298 g/mol. The van der Waals surface area contributed by atoms with Gasteiger partial charge in [0.2, 0.25) is 5.88 Å². The molecule has 2 aromatic rings. The van der Waals surface area contributed by atoms with E-state index >= 15 is 0 Å². The molecule has 0 radical (unpaired) electrons. The van der Waals surface area contributed by atoms with Gasteiger partial charge < -0.3 is 10.1 Å². The minimum Gasteiger partial charge on any atom is -0.438 e. The second-order valence-corrected chi connectivity index (χ2v) is 4.72. The van der Waals surface area contributed by atoms with Crippen LogP contribution in [0.1, 0.15) is 12.0 Å². The third-order valence-corrected chi connectivity index (χ3v) is 3.17. The fourth-order valence-corrected chi connectivity index (χ4v) is 2.14. The van der Waals surface area contributed by atoms with Crippen molar-refractivity contribution in [3.8, 4) is 11.6 Å². The number of amidine groups is 1. The van der Waals surface area contributed by atoms with Gasteiger partial charge in [0.05, 0.1) is 16.6 Å². The fraction of sp³-hybridized carbons (Fsp3) is 0.200. The second-order valence-electron chi connectivity index (χ2n) is 4.72. The van der Waals surface area contributed by atoms with Crippen LogP contribution in [0.15, 0.2) is 47.6 Å². The Labute approximate surface area is 126 Å². The molecule has 1 aromatic carbocycles. The molecule has 0 unspecified atom stereocenters. The van der Waals surface area contributed by atoms with E-state index in [4.69, 9.17) is 4.74 Å². The van der Waals surface area contributed by atoms with E-state index < -0.39 is 4.92 Å². The summed E-state index contributed by atoms with van der Waals surface area (Å²) < 4.78 is 5.72. The summed E-state index contributed by atoms with van der Waals surface area (Å²) in [5, 5.41) is 14.0. The first kappa shape index (κ1) is 14.0. The summed E-state index contributed by atoms with van der Waals surface area (Å²) in [5.74, 6) is 1.47. The molecule has 1 aliphatic rings. The van der Waals surface area contributed by atoms with Crippen LogP contribution in [-0.2, 0) is 0 Å². The quantitative estimate of drug-likeness (QED) is 0.692. The number of rotatable bonds is 4. The molecule has 0 bridgehead atoms. The molecule has 1 aliphatic heterocycles. The van der Waals surface area contributed by atoms with Gasteiger partial charge in [0, 0.05) is 25.4 Å². The Hall–Kier alpha value is -2.96. The van der Waals surface area contributed by atoms with Gasteiger partial charge in [0.15, 0.2) is 0 Å². The molecule has 0 amide bonds.